The first-order chi connectivity index (χ1) is 9.10. The third-order valence-corrected chi connectivity index (χ3v) is 4.12. The average Bonchev–Trinajstić information content (AvgIpc) is 2.38. The van der Waals surface area contributed by atoms with Crippen LogP contribution in [0.15, 0.2) is 46.3 Å². The van der Waals surface area contributed by atoms with Crippen molar-refractivity contribution in [2.45, 2.75) is 5.92 Å². The van der Waals surface area contributed by atoms with Crippen LogP contribution in [-0.4, -0.2) is 0 Å². The molecule has 94 valence electrons. The van der Waals surface area contributed by atoms with Crippen LogP contribution in [-0.2, 0) is 12.6 Å². The second-order valence-corrected chi connectivity index (χ2v) is 5.44. The summed E-state index contributed by atoms with van der Waals surface area (Å²) in [6, 6.07) is 11.7. The van der Waals surface area contributed by atoms with Gasteiger partial charge in [0.1, 0.15) is 5.82 Å². The Labute approximate surface area is 130 Å². The van der Waals surface area contributed by atoms with Gasteiger partial charge in [-0.05, 0) is 34.2 Å². The Morgan fingerprint density at radius 3 is 2.42 bits per heavy atom. The van der Waals surface area contributed by atoms with E-state index in [4.69, 9.17) is 18.4 Å². The van der Waals surface area contributed by atoms with Crippen molar-refractivity contribution in [3.05, 3.63) is 55.4 Å². The number of allylic oxidation sites excluding steroid dienone is 2. The van der Waals surface area contributed by atoms with Crippen molar-refractivity contribution in [2.75, 3.05) is 0 Å². The van der Waals surface area contributed by atoms with Gasteiger partial charge in [0.25, 0.3) is 0 Å². The minimum absolute atomic E-state index is 0.219. The molecule has 0 saturated carbocycles. The summed E-state index contributed by atoms with van der Waals surface area (Å²) in [6.07, 6.45) is 0. The van der Waals surface area contributed by atoms with Crippen LogP contribution >= 0.6 is 22.6 Å². The summed E-state index contributed by atoms with van der Waals surface area (Å²) in [5.41, 5.74) is 7.35. The molecular formula is C13H8IN4S-. The average molecular weight is 379 g/mol. The molecular weight excluding hydrogens is 371 g/mol. The molecule has 0 saturated heterocycles. The molecule has 1 aromatic rings. The molecule has 0 spiro atoms. The van der Waals surface area contributed by atoms with E-state index in [-0.39, 0.29) is 10.9 Å². The van der Waals surface area contributed by atoms with Gasteiger partial charge >= 0.3 is 0 Å². The lowest BCUT2D eigenvalue weighted by atomic mass is 9.84. The molecule has 1 heterocycles. The van der Waals surface area contributed by atoms with Crippen LogP contribution in [0.4, 0.5) is 0 Å². The summed E-state index contributed by atoms with van der Waals surface area (Å²) in [7, 11) is 0. The summed E-state index contributed by atoms with van der Waals surface area (Å²) in [6.45, 7) is 0. The number of benzene rings is 1. The Kier molecular flexibility index (Phi) is 3.93. The Balaban J connectivity index is 2.69. The first-order valence-electron chi connectivity index (χ1n) is 5.32. The summed E-state index contributed by atoms with van der Waals surface area (Å²) in [4.78, 5) is 0. The van der Waals surface area contributed by atoms with E-state index in [1.54, 1.807) is 0 Å². The van der Waals surface area contributed by atoms with Crippen molar-refractivity contribution in [2.24, 2.45) is 5.73 Å². The Bertz CT molecular complexity index is 643. The lowest BCUT2D eigenvalue weighted by Gasteiger charge is -2.30. The first-order valence-corrected chi connectivity index (χ1v) is 6.81. The maximum atomic E-state index is 9.29. The van der Waals surface area contributed by atoms with E-state index in [0.29, 0.717) is 11.1 Å². The molecule has 0 bridgehead atoms. The van der Waals surface area contributed by atoms with Gasteiger partial charge in [0.05, 0.1) is 23.6 Å². The number of nitrogens with one attached hydrogen (secondary N) is 1. The molecule has 0 amide bonds. The van der Waals surface area contributed by atoms with Crippen LogP contribution in [0.5, 0.6) is 0 Å². The molecule has 1 unspecified atom stereocenters. The standard InChI is InChI=1S/C13H9IN4S/c14-10-4-2-1-3-7(10)11-8(5-15)12(17)18-13(19)9(11)6-16/h1-4,11,18-19H,17H2/p-1. The highest BCUT2D eigenvalue weighted by Gasteiger charge is 2.29. The fourth-order valence-corrected chi connectivity index (χ4v) is 2.92. The molecule has 6 heteroatoms. The topological polar surface area (TPSA) is 85.6 Å². The zero-order valence-electron chi connectivity index (χ0n) is 9.64. The smallest absolute Gasteiger partial charge is 0.114 e. The molecule has 1 atom stereocenters. The predicted molar refractivity (Wildman–Crippen MR) is 81.9 cm³/mol. The molecule has 2 rings (SSSR count). The number of hydrogen-bond acceptors (Lipinski definition) is 5. The minimum Gasteiger partial charge on any atom is -0.761 e. The number of dihydropyridines is 1. The normalized spacial score (nSPS) is 18.6. The fourth-order valence-electron chi connectivity index (χ4n) is 1.95. The monoisotopic (exact) mass is 379 g/mol. The number of nitrogens with zero attached hydrogens (tertiary/aromatic N) is 2. The van der Waals surface area contributed by atoms with E-state index in [1.165, 1.54) is 0 Å². The van der Waals surface area contributed by atoms with Gasteiger partial charge in [-0.3, -0.25) is 0 Å². The van der Waals surface area contributed by atoms with Gasteiger partial charge in [-0.1, -0.05) is 23.2 Å². The molecule has 1 aliphatic rings. The molecule has 3 N–H and O–H groups in total. The Morgan fingerprint density at radius 2 is 1.84 bits per heavy atom. The molecule has 4 nitrogen and oxygen atoms in total. The van der Waals surface area contributed by atoms with Gasteiger partial charge in [0.15, 0.2) is 0 Å². The van der Waals surface area contributed by atoms with Gasteiger partial charge < -0.3 is 23.7 Å². The van der Waals surface area contributed by atoms with Crippen LogP contribution in [0.25, 0.3) is 0 Å². The van der Waals surface area contributed by atoms with Crippen LogP contribution in [0.1, 0.15) is 11.5 Å². The Morgan fingerprint density at radius 1 is 1.21 bits per heavy atom. The van der Waals surface area contributed by atoms with Crippen molar-refractivity contribution >= 4 is 35.2 Å². The van der Waals surface area contributed by atoms with Gasteiger partial charge in [0.2, 0.25) is 0 Å². The lowest BCUT2D eigenvalue weighted by molar-refractivity contribution is 0.838. The first kappa shape index (κ1) is 13.7. The van der Waals surface area contributed by atoms with Crippen LogP contribution < -0.4 is 11.1 Å². The highest BCUT2D eigenvalue weighted by Crippen LogP contribution is 2.37. The SMILES string of the molecule is N#CC1=C(N)NC([S-])=C(C#N)C1c1ccccc1I. The van der Waals surface area contributed by atoms with Crippen LogP contribution in [0.2, 0.25) is 0 Å². The van der Waals surface area contributed by atoms with Crippen LogP contribution in [0.3, 0.4) is 0 Å². The van der Waals surface area contributed by atoms with Crippen molar-refractivity contribution in [3.63, 3.8) is 0 Å². The molecule has 0 aliphatic carbocycles. The molecule has 1 aromatic carbocycles. The number of rotatable bonds is 1. The third-order valence-electron chi connectivity index (χ3n) is 2.82. The molecule has 0 fully saturated rings. The summed E-state index contributed by atoms with van der Waals surface area (Å²) >= 11 is 7.30. The second-order valence-electron chi connectivity index (χ2n) is 3.87. The van der Waals surface area contributed by atoms with E-state index < -0.39 is 5.92 Å². The second kappa shape index (κ2) is 5.47. The minimum atomic E-state index is -0.489. The van der Waals surface area contributed by atoms with Crippen molar-refractivity contribution in [1.82, 2.24) is 5.32 Å². The van der Waals surface area contributed by atoms with Gasteiger partial charge in [-0.15, -0.1) is 0 Å². The van der Waals surface area contributed by atoms with E-state index in [9.17, 15) is 10.5 Å². The number of hydrogen-bond donors (Lipinski definition) is 2. The fraction of sp³-hybridized carbons (Fsp3) is 0.0769. The highest BCUT2D eigenvalue weighted by atomic mass is 127. The Hall–Kier alpha value is -1.77. The van der Waals surface area contributed by atoms with Gasteiger partial charge in [-0.2, -0.15) is 10.5 Å². The number of halogens is 1. The quantitative estimate of drug-likeness (QED) is 0.576. The molecule has 0 radical (unpaired) electrons. The summed E-state index contributed by atoms with van der Waals surface area (Å²) < 4.78 is 0.961. The number of nitriles is 2. The van der Waals surface area contributed by atoms with Crippen molar-refractivity contribution < 1.29 is 0 Å². The van der Waals surface area contributed by atoms with Crippen molar-refractivity contribution in [3.8, 4) is 12.1 Å². The molecule has 0 aromatic heterocycles. The zero-order valence-corrected chi connectivity index (χ0v) is 12.6. The largest absolute Gasteiger partial charge is 0.761 e. The number of nitrogens with two attached hydrogens (primary N) is 1. The van der Waals surface area contributed by atoms with E-state index in [2.05, 4.69) is 40.0 Å². The van der Waals surface area contributed by atoms with Gasteiger partial charge in [-0.25, -0.2) is 0 Å². The summed E-state index contributed by atoms with van der Waals surface area (Å²) in [5, 5.41) is 21.6. The molecule has 1 aliphatic heterocycles. The van der Waals surface area contributed by atoms with Crippen molar-refractivity contribution in [1.29, 1.82) is 10.5 Å². The third kappa shape index (κ3) is 2.37. The lowest BCUT2D eigenvalue weighted by Crippen LogP contribution is -2.29. The van der Waals surface area contributed by atoms with Gasteiger partial charge in [0, 0.05) is 9.14 Å². The maximum absolute atomic E-state index is 9.29. The predicted octanol–water partition coefficient (Wildman–Crippen LogP) is 1.95. The zero-order chi connectivity index (χ0) is 14.0. The highest BCUT2D eigenvalue weighted by molar-refractivity contribution is 14.1. The summed E-state index contributed by atoms with van der Waals surface area (Å²) in [5.74, 6) is -0.270. The van der Waals surface area contributed by atoms with E-state index >= 15 is 0 Å². The van der Waals surface area contributed by atoms with E-state index in [0.717, 1.165) is 9.13 Å². The molecule has 19 heavy (non-hydrogen) atoms. The van der Waals surface area contributed by atoms with E-state index in [1.807, 2.05) is 24.3 Å². The van der Waals surface area contributed by atoms with Crippen LogP contribution in [0, 0.1) is 26.2 Å². The maximum Gasteiger partial charge on any atom is 0.114 e.